The number of alkyl halides is 3. The summed E-state index contributed by atoms with van der Waals surface area (Å²) < 4.78 is 44.2. The van der Waals surface area contributed by atoms with Crippen LogP contribution >= 0.6 is 0 Å². The maximum absolute atomic E-state index is 13.0. The number of carbonyl (C=O) groups excluding carboxylic acids is 1. The van der Waals surface area contributed by atoms with Crippen LogP contribution in [0.3, 0.4) is 0 Å². The van der Waals surface area contributed by atoms with E-state index in [0.717, 1.165) is 17.7 Å². The minimum Gasteiger partial charge on any atom is -0.496 e. The minimum atomic E-state index is -4.53. The van der Waals surface area contributed by atoms with Crippen molar-refractivity contribution in [1.29, 1.82) is 0 Å². The molecule has 2 N–H and O–H groups in total. The van der Waals surface area contributed by atoms with E-state index in [1.807, 2.05) is 19.1 Å². The molecule has 0 radical (unpaired) electrons. The first-order valence-corrected chi connectivity index (χ1v) is 9.89. The number of aromatic nitrogens is 1. The average molecular weight is 458 g/mol. The molecular formula is C24H21F3N2O4. The summed E-state index contributed by atoms with van der Waals surface area (Å²) in [6, 6.07) is 10.9. The van der Waals surface area contributed by atoms with Crippen LogP contribution in [0.5, 0.6) is 5.75 Å². The Morgan fingerprint density at radius 1 is 1.12 bits per heavy atom. The number of nitrogens with zero attached hydrogens (tertiary/aromatic N) is 1. The number of hydrogen-bond donors (Lipinski definition) is 2. The number of nitrogens with one attached hydrogen (secondary N) is 1. The molecule has 1 atom stereocenters. The van der Waals surface area contributed by atoms with E-state index in [1.54, 1.807) is 12.1 Å². The Labute approximate surface area is 188 Å². The lowest BCUT2D eigenvalue weighted by Gasteiger charge is -2.19. The molecule has 0 fully saturated rings. The molecule has 33 heavy (non-hydrogen) atoms. The van der Waals surface area contributed by atoms with Crippen molar-refractivity contribution in [1.82, 2.24) is 10.3 Å². The number of ether oxygens (including phenoxy) is 1. The minimum absolute atomic E-state index is 0.0205. The molecular weight excluding hydrogens is 437 g/mol. The van der Waals surface area contributed by atoms with Gasteiger partial charge in [0.2, 0.25) is 0 Å². The van der Waals surface area contributed by atoms with E-state index >= 15 is 0 Å². The van der Waals surface area contributed by atoms with Crippen molar-refractivity contribution in [2.45, 2.75) is 25.6 Å². The summed E-state index contributed by atoms with van der Waals surface area (Å²) >= 11 is 0. The van der Waals surface area contributed by atoms with Crippen molar-refractivity contribution in [3.8, 4) is 16.9 Å². The standard InChI is InChI=1S/C24H21F3N2O4/c1-14-5-3-4-6-18(14)20(11-22(30)31)29-23(32)16-9-15(12-28-13-16)19-8-7-17(24(25,26)27)10-21(19)33-2/h3-10,12-13,20H,11H2,1-2H3,(H,29,32)(H,30,31)/t20-/m0/s1. The average Bonchev–Trinajstić information content (AvgIpc) is 2.77. The molecule has 0 spiro atoms. The van der Waals surface area contributed by atoms with Gasteiger partial charge in [-0.1, -0.05) is 24.3 Å². The van der Waals surface area contributed by atoms with Gasteiger partial charge in [-0.15, -0.1) is 0 Å². The highest BCUT2D eigenvalue weighted by atomic mass is 19.4. The van der Waals surface area contributed by atoms with Gasteiger partial charge in [-0.25, -0.2) is 0 Å². The van der Waals surface area contributed by atoms with Crippen LogP contribution in [0.2, 0.25) is 0 Å². The molecule has 2 aromatic carbocycles. The Balaban J connectivity index is 1.92. The molecule has 1 aromatic heterocycles. The number of carboxylic acids is 1. The smallest absolute Gasteiger partial charge is 0.416 e. The predicted molar refractivity (Wildman–Crippen MR) is 115 cm³/mol. The highest BCUT2D eigenvalue weighted by molar-refractivity contribution is 5.95. The fourth-order valence-electron chi connectivity index (χ4n) is 3.45. The number of benzene rings is 2. The Hall–Kier alpha value is -3.88. The summed E-state index contributed by atoms with van der Waals surface area (Å²) in [7, 11) is 1.25. The number of amides is 1. The van der Waals surface area contributed by atoms with E-state index in [-0.39, 0.29) is 17.7 Å². The number of aliphatic carboxylic acids is 1. The molecule has 1 heterocycles. The fraction of sp³-hybridized carbons (Fsp3) is 0.208. The molecule has 0 saturated carbocycles. The van der Waals surface area contributed by atoms with Gasteiger partial charge in [-0.2, -0.15) is 13.2 Å². The zero-order valence-corrected chi connectivity index (χ0v) is 17.8. The van der Waals surface area contributed by atoms with Gasteiger partial charge in [0.05, 0.1) is 30.7 Å². The first kappa shape index (κ1) is 23.8. The van der Waals surface area contributed by atoms with Gasteiger partial charge in [-0.3, -0.25) is 14.6 Å². The zero-order valence-electron chi connectivity index (χ0n) is 17.8. The van der Waals surface area contributed by atoms with Gasteiger partial charge in [0, 0.05) is 23.5 Å². The second-order valence-corrected chi connectivity index (χ2v) is 7.36. The molecule has 3 rings (SSSR count). The summed E-state index contributed by atoms with van der Waals surface area (Å²) in [4.78, 5) is 28.3. The maximum atomic E-state index is 13.0. The molecule has 6 nitrogen and oxygen atoms in total. The first-order valence-electron chi connectivity index (χ1n) is 9.89. The van der Waals surface area contributed by atoms with E-state index < -0.39 is 29.7 Å². The van der Waals surface area contributed by atoms with Crippen LogP contribution < -0.4 is 10.1 Å². The van der Waals surface area contributed by atoms with Crippen LogP contribution in [-0.4, -0.2) is 29.1 Å². The highest BCUT2D eigenvalue weighted by Gasteiger charge is 2.31. The van der Waals surface area contributed by atoms with E-state index in [1.165, 1.54) is 31.6 Å². The molecule has 9 heteroatoms. The van der Waals surface area contributed by atoms with Gasteiger partial charge in [-0.05, 0) is 42.3 Å². The Bertz CT molecular complexity index is 1180. The van der Waals surface area contributed by atoms with Gasteiger partial charge >= 0.3 is 12.1 Å². The van der Waals surface area contributed by atoms with Crippen molar-refractivity contribution < 1.29 is 32.6 Å². The Morgan fingerprint density at radius 3 is 2.48 bits per heavy atom. The molecule has 3 aromatic rings. The van der Waals surface area contributed by atoms with Crippen LogP contribution in [0.1, 0.15) is 39.5 Å². The third kappa shape index (κ3) is 5.68. The normalized spacial score (nSPS) is 12.2. The highest BCUT2D eigenvalue weighted by Crippen LogP contribution is 2.37. The topological polar surface area (TPSA) is 88.5 Å². The third-order valence-electron chi connectivity index (χ3n) is 5.09. The number of rotatable bonds is 7. The van der Waals surface area contributed by atoms with Gasteiger partial charge in [0.15, 0.2) is 0 Å². The second kappa shape index (κ2) is 9.72. The molecule has 1 amide bonds. The number of aryl methyl sites for hydroxylation is 1. The van der Waals surface area contributed by atoms with Crippen LogP contribution in [0.25, 0.3) is 11.1 Å². The number of pyridine rings is 1. The lowest BCUT2D eigenvalue weighted by atomic mass is 9.98. The van der Waals surface area contributed by atoms with Crippen LogP contribution in [0, 0.1) is 6.92 Å². The SMILES string of the molecule is COc1cc(C(F)(F)F)ccc1-c1cncc(C(=O)N[C@@H](CC(=O)O)c2ccccc2C)c1. The van der Waals surface area contributed by atoms with Crippen molar-refractivity contribution >= 4 is 11.9 Å². The van der Waals surface area contributed by atoms with E-state index in [0.29, 0.717) is 16.7 Å². The predicted octanol–water partition coefficient (Wildman–Crippen LogP) is 5.03. The number of hydrogen-bond acceptors (Lipinski definition) is 4. The lowest BCUT2D eigenvalue weighted by Crippen LogP contribution is -2.30. The van der Waals surface area contributed by atoms with E-state index in [2.05, 4.69) is 10.3 Å². The number of carbonyl (C=O) groups is 2. The van der Waals surface area contributed by atoms with E-state index in [4.69, 9.17) is 4.74 Å². The molecule has 0 aliphatic heterocycles. The van der Waals surface area contributed by atoms with Gasteiger partial charge < -0.3 is 15.2 Å². The van der Waals surface area contributed by atoms with Crippen LogP contribution in [0.15, 0.2) is 60.9 Å². The fourth-order valence-corrected chi connectivity index (χ4v) is 3.45. The molecule has 172 valence electrons. The Morgan fingerprint density at radius 2 is 1.85 bits per heavy atom. The van der Waals surface area contributed by atoms with Crippen molar-refractivity contribution in [3.05, 3.63) is 83.2 Å². The third-order valence-corrected chi connectivity index (χ3v) is 5.09. The van der Waals surface area contributed by atoms with Gasteiger partial charge in [0.1, 0.15) is 5.75 Å². The largest absolute Gasteiger partial charge is 0.496 e. The number of halogens is 3. The Kier molecular flexibility index (Phi) is 7.01. The van der Waals surface area contributed by atoms with E-state index in [9.17, 15) is 27.9 Å². The van der Waals surface area contributed by atoms with Gasteiger partial charge in [0.25, 0.3) is 5.91 Å². The van der Waals surface area contributed by atoms with Crippen molar-refractivity contribution in [3.63, 3.8) is 0 Å². The maximum Gasteiger partial charge on any atom is 0.416 e. The van der Waals surface area contributed by atoms with Crippen molar-refractivity contribution in [2.24, 2.45) is 0 Å². The molecule has 0 bridgehead atoms. The van der Waals surface area contributed by atoms with Crippen LogP contribution in [-0.2, 0) is 11.0 Å². The first-order chi connectivity index (χ1) is 15.6. The number of methoxy groups -OCH3 is 1. The molecule has 0 unspecified atom stereocenters. The molecule has 0 saturated heterocycles. The second-order valence-electron chi connectivity index (χ2n) is 7.36. The van der Waals surface area contributed by atoms with Crippen molar-refractivity contribution in [2.75, 3.05) is 7.11 Å². The molecule has 0 aliphatic rings. The summed E-state index contributed by atoms with van der Waals surface area (Å²) in [5.41, 5.74) is 1.46. The summed E-state index contributed by atoms with van der Waals surface area (Å²) in [6.45, 7) is 1.81. The van der Waals surface area contributed by atoms with Crippen LogP contribution in [0.4, 0.5) is 13.2 Å². The summed E-state index contributed by atoms with van der Waals surface area (Å²) in [6.07, 6.45) is -2.15. The molecule has 0 aliphatic carbocycles. The summed E-state index contributed by atoms with van der Waals surface area (Å²) in [5, 5.41) is 12.0. The summed E-state index contributed by atoms with van der Waals surface area (Å²) in [5.74, 6) is -1.66. The lowest BCUT2D eigenvalue weighted by molar-refractivity contribution is -0.138. The monoisotopic (exact) mass is 458 g/mol. The quantitative estimate of drug-likeness (QED) is 0.519. The number of carboxylic acid groups (broad SMARTS) is 1. The zero-order chi connectivity index (χ0) is 24.2.